The molecule has 2 aromatic rings. The minimum absolute atomic E-state index is 0.0490. The molecule has 1 atom stereocenters. The van der Waals surface area contributed by atoms with E-state index in [1.807, 2.05) is 0 Å². The third-order valence-corrected chi connectivity index (χ3v) is 5.74. The van der Waals surface area contributed by atoms with Crippen LogP contribution in [0.2, 0.25) is 5.02 Å². The van der Waals surface area contributed by atoms with Crippen LogP contribution in [0.4, 0.5) is 0 Å². The zero-order valence-electron chi connectivity index (χ0n) is 14.9. The molecule has 1 aliphatic heterocycles. The molecule has 1 N–H and O–H groups in total. The molecule has 7 nitrogen and oxygen atoms in total. The number of ether oxygens (including phenoxy) is 2. The van der Waals surface area contributed by atoms with Gasteiger partial charge in [0.25, 0.3) is 21.7 Å². The van der Waals surface area contributed by atoms with Gasteiger partial charge in [-0.1, -0.05) is 48.0 Å². The molecule has 3 rings (SSSR count). The van der Waals surface area contributed by atoms with Crippen LogP contribution in [0.25, 0.3) is 0 Å². The van der Waals surface area contributed by atoms with Gasteiger partial charge in [0.05, 0.1) is 4.90 Å². The maximum atomic E-state index is 13.0. The van der Waals surface area contributed by atoms with Crippen molar-refractivity contribution < 1.29 is 27.5 Å². The summed E-state index contributed by atoms with van der Waals surface area (Å²) in [5.41, 5.74) is -1.36. The predicted octanol–water partition coefficient (Wildman–Crippen LogP) is 2.87. The van der Waals surface area contributed by atoms with Gasteiger partial charge in [-0.05, 0) is 25.1 Å². The molecule has 0 fully saturated rings. The fraction of sp³-hybridized carbons (Fsp3) is 0.158. The highest BCUT2D eigenvalue weighted by Gasteiger charge is 2.51. The molecule has 0 amide bonds. The Kier molecular flexibility index (Phi) is 5.18. The van der Waals surface area contributed by atoms with Crippen molar-refractivity contribution in [2.24, 2.45) is 0 Å². The molecular formula is C19H16ClNO6S. The molecular weight excluding hydrogens is 406 g/mol. The van der Waals surface area contributed by atoms with Crippen molar-refractivity contribution in [3.8, 4) is 0 Å². The van der Waals surface area contributed by atoms with E-state index in [1.54, 1.807) is 42.5 Å². The largest absolute Gasteiger partial charge is 0.456 e. The molecule has 146 valence electrons. The van der Waals surface area contributed by atoms with E-state index in [-0.39, 0.29) is 9.92 Å². The monoisotopic (exact) mass is 421 g/mol. The first kappa shape index (κ1) is 19.9. The van der Waals surface area contributed by atoms with Gasteiger partial charge in [-0.2, -0.15) is 0 Å². The lowest BCUT2D eigenvalue weighted by molar-refractivity contribution is -0.142. The van der Waals surface area contributed by atoms with E-state index in [9.17, 15) is 18.0 Å². The SMILES string of the molecule is CC(=O)OC1=C(NS(=O)(=O)c2ccccc2)OC(C)(c2ccccc2Cl)C1=O. The number of hydrogen-bond donors (Lipinski definition) is 1. The van der Waals surface area contributed by atoms with E-state index in [0.29, 0.717) is 5.56 Å². The standard InChI is InChI=1S/C19H16ClNO6S/c1-12(22)26-16-17(23)19(2,14-10-6-7-11-15(14)20)27-18(16)21-28(24,25)13-8-4-3-5-9-13/h3-11,21H,1-2H3. The van der Waals surface area contributed by atoms with Crippen LogP contribution in [0.15, 0.2) is 71.1 Å². The van der Waals surface area contributed by atoms with Crippen LogP contribution >= 0.6 is 11.6 Å². The first-order valence-corrected chi connectivity index (χ1v) is 10.0. The molecule has 9 heteroatoms. The van der Waals surface area contributed by atoms with Gasteiger partial charge < -0.3 is 9.47 Å². The number of rotatable bonds is 5. The molecule has 0 saturated carbocycles. The van der Waals surface area contributed by atoms with Crippen LogP contribution in [-0.2, 0) is 34.7 Å². The van der Waals surface area contributed by atoms with Crippen LogP contribution < -0.4 is 4.72 Å². The number of carbonyl (C=O) groups excluding carboxylic acids is 2. The summed E-state index contributed by atoms with van der Waals surface area (Å²) < 4.78 is 38.1. The van der Waals surface area contributed by atoms with E-state index in [1.165, 1.54) is 19.1 Å². The summed E-state index contributed by atoms with van der Waals surface area (Å²) in [5, 5.41) is 0.243. The van der Waals surface area contributed by atoms with Crippen molar-refractivity contribution in [1.29, 1.82) is 0 Å². The lowest BCUT2D eigenvalue weighted by Crippen LogP contribution is -2.33. The first-order valence-electron chi connectivity index (χ1n) is 8.14. The van der Waals surface area contributed by atoms with Crippen LogP contribution in [-0.4, -0.2) is 20.2 Å². The predicted molar refractivity (Wildman–Crippen MR) is 100 cm³/mol. The molecule has 2 aromatic carbocycles. The quantitative estimate of drug-likeness (QED) is 0.745. The summed E-state index contributed by atoms with van der Waals surface area (Å²) in [6, 6.07) is 14.0. The highest BCUT2D eigenvalue weighted by Crippen LogP contribution is 2.41. The van der Waals surface area contributed by atoms with Gasteiger partial charge in [0.2, 0.25) is 11.4 Å². The molecule has 0 radical (unpaired) electrons. The molecule has 0 aliphatic carbocycles. The van der Waals surface area contributed by atoms with Gasteiger partial charge in [0, 0.05) is 17.5 Å². The first-order chi connectivity index (χ1) is 13.1. The number of esters is 1. The Morgan fingerprint density at radius 1 is 1.11 bits per heavy atom. The maximum Gasteiger partial charge on any atom is 0.308 e. The Morgan fingerprint density at radius 3 is 2.32 bits per heavy atom. The highest BCUT2D eigenvalue weighted by atomic mass is 35.5. The van der Waals surface area contributed by atoms with Gasteiger partial charge in [0.15, 0.2) is 0 Å². The van der Waals surface area contributed by atoms with Crippen LogP contribution in [0.5, 0.6) is 0 Å². The number of sulfonamides is 1. The lowest BCUT2D eigenvalue weighted by Gasteiger charge is -2.24. The van der Waals surface area contributed by atoms with Crippen molar-refractivity contribution in [1.82, 2.24) is 4.72 Å². The van der Waals surface area contributed by atoms with Gasteiger partial charge in [-0.25, -0.2) is 13.1 Å². The van der Waals surface area contributed by atoms with Crippen LogP contribution in [0.3, 0.4) is 0 Å². The third kappa shape index (κ3) is 3.61. The number of benzene rings is 2. The average molecular weight is 422 g/mol. The van der Waals surface area contributed by atoms with E-state index in [4.69, 9.17) is 21.1 Å². The summed E-state index contributed by atoms with van der Waals surface area (Å²) in [5.74, 6) is -2.55. The average Bonchev–Trinajstić information content (AvgIpc) is 2.87. The second-order valence-corrected chi connectivity index (χ2v) is 8.20. The summed E-state index contributed by atoms with van der Waals surface area (Å²) in [7, 11) is -4.09. The summed E-state index contributed by atoms with van der Waals surface area (Å²) in [6.45, 7) is 2.51. The Balaban J connectivity index is 2.04. The van der Waals surface area contributed by atoms with Gasteiger partial charge in [0.1, 0.15) is 0 Å². The summed E-state index contributed by atoms with van der Waals surface area (Å²) >= 11 is 6.19. The van der Waals surface area contributed by atoms with E-state index >= 15 is 0 Å². The molecule has 0 bridgehead atoms. The fourth-order valence-electron chi connectivity index (χ4n) is 2.73. The Labute approximate surface area is 167 Å². The Morgan fingerprint density at radius 2 is 1.71 bits per heavy atom. The molecule has 1 unspecified atom stereocenters. The number of Topliss-reactive ketones (excluding diaryl/α,β-unsaturated/α-hetero) is 1. The number of nitrogens with one attached hydrogen (secondary N) is 1. The van der Waals surface area contributed by atoms with Crippen LogP contribution in [0.1, 0.15) is 19.4 Å². The van der Waals surface area contributed by atoms with Gasteiger partial charge >= 0.3 is 5.97 Å². The van der Waals surface area contributed by atoms with Crippen molar-refractivity contribution in [2.75, 3.05) is 0 Å². The number of carbonyl (C=O) groups is 2. The summed E-state index contributed by atoms with van der Waals surface area (Å²) in [6.07, 6.45) is 0. The van der Waals surface area contributed by atoms with Crippen molar-refractivity contribution >= 4 is 33.4 Å². The lowest BCUT2D eigenvalue weighted by atomic mass is 9.91. The second-order valence-electron chi connectivity index (χ2n) is 6.11. The number of hydrogen-bond acceptors (Lipinski definition) is 6. The Bertz CT molecular complexity index is 1080. The second kappa shape index (κ2) is 7.29. The Hall–Kier alpha value is -2.84. The molecule has 0 spiro atoms. The molecule has 1 heterocycles. The minimum atomic E-state index is -4.09. The zero-order valence-corrected chi connectivity index (χ0v) is 16.5. The topological polar surface area (TPSA) is 98.8 Å². The van der Waals surface area contributed by atoms with Gasteiger partial charge in [-0.15, -0.1) is 0 Å². The van der Waals surface area contributed by atoms with E-state index in [2.05, 4.69) is 4.72 Å². The smallest absolute Gasteiger partial charge is 0.308 e. The van der Waals surface area contributed by atoms with E-state index in [0.717, 1.165) is 6.92 Å². The zero-order chi connectivity index (χ0) is 20.5. The molecule has 0 saturated heterocycles. The fourth-order valence-corrected chi connectivity index (χ4v) is 4.05. The van der Waals surface area contributed by atoms with E-state index < -0.39 is 39.0 Å². The summed E-state index contributed by atoms with van der Waals surface area (Å²) in [4.78, 5) is 24.4. The molecule has 0 aromatic heterocycles. The molecule has 1 aliphatic rings. The van der Waals surface area contributed by atoms with Crippen molar-refractivity contribution in [3.05, 3.63) is 76.8 Å². The highest BCUT2D eigenvalue weighted by molar-refractivity contribution is 7.89. The van der Waals surface area contributed by atoms with Gasteiger partial charge in [-0.3, -0.25) is 9.59 Å². The normalized spacial score (nSPS) is 19.3. The van der Waals surface area contributed by atoms with Crippen molar-refractivity contribution in [2.45, 2.75) is 24.3 Å². The van der Waals surface area contributed by atoms with Crippen LogP contribution in [0, 0.1) is 0 Å². The molecule has 28 heavy (non-hydrogen) atoms. The van der Waals surface area contributed by atoms with Crippen molar-refractivity contribution in [3.63, 3.8) is 0 Å². The number of ketones is 1. The maximum absolute atomic E-state index is 13.0. The minimum Gasteiger partial charge on any atom is -0.456 e. The number of halogens is 1. The third-order valence-electron chi connectivity index (χ3n) is 4.07.